The Labute approximate surface area is 94.1 Å². The van der Waals surface area contributed by atoms with E-state index in [-0.39, 0.29) is 16.8 Å². The molecule has 0 atom stereocenters. The van der Waals surface area contributed by atoms with Crippen LogP contribution in [0.1, 0.15) is 10.4 Å². The molecule has 17 heavy (non-hydrogen) atoms. The Morgan fingerprint density at radius 3 is 2.47 bits per heavy atom. The lowest BCUT2D eigenvalue weighted by atomic mass is 10.1. The van der Waals surface area contributed by atoms with Gasteiger partial charge in [0.1, 0.15) is 0 Å². The van der Waals surface area contributed by atoms with Crippen LogP contribution in [-0.2, 0) is 0 Å². The Bertz CT molecular complexity index is 592. The van der Waals surface area contributed by atoms with Crippen LogP contribution in [0, 0.1) is 17.5 Å². The number of halogens is 3. The summed E-state index contributed by atoms with van der Waals surface area (Å²) < 4.78 is 39.1. The number of primary amides is 1. The lowest BCUT2D eigenvalue weighted by molar-refractivity contribution is 0.100. The molecule has 0 aliphatic heterocycles. The van der Waals surface area contributed by atoms with Crippen molar-refractivity contribution in [3.63, 3.8) is 0 Å². The third kappa shape index (κ3) is 1.89. The SMILES string of the molecule is NC(=O)c1c[nH]c(-c2ccc(F)c(F)c2F)c1. The number of aromatic nitrogens is 1. The van der Waals surface area contributed by atoms with E-state index in [1.54, 1.807) is 0 Å². The number of amides is 1. The molecule has 0 spiro atoms. The predicted molar refractivity (Wildman–Crippen MR) is 54.6 cm³/mol. The van der Waals surface area contributed by atoms with Crippen LogP contribution in [0.25, 0.3) is 11.3 Å². The van der Waals surface area contributed by atoms with Gasteiger partial charge >= 0.3 is 0 Å². The summed E-state index contributed by atoms with van der Waals surface area (Å²) in [6, 6.07) is 3.14. The molecule has 1 amide bonds. The number of carbonyl (C=O) groups excluding carboxylic acids is 1. The van der Waals surface area contributed by atoms with Crippen LogP contribution in [0.4, 0.5) is 13.2 Å². The minimum absolute atomic E-state index is 0.129. The third-order valence-corrected chi connectivity index (χ3v) is 2.29. The van der Waals surface area contributed by atoms with E-state index >= 15 is 0 Å². The van der Waals surface area contributed by atoms with Crippen LogP contribution < -0.4 is 5.73 Å². The fourth-order valence-corrected chi connectivity index (χ4v) is 1.43. The summed E-state index contributed by atoms with van der Waals surface area (Å²) >= 11 is 0. The zero-order valence-corrected chi connectivity index (χ0v) is 8.43. The molecule has 6 heteroatoms. The normalized spacial score (nSPS) is 10.5. The number of benzene rings is 1. The number of hydrogen-bond acceptors (Lipinski definition) is 1. The van der Waals surface area contributed by atoms with E-state index in [0.717, 1.165) is 12.1 Å². The van der Waals surface area contributed by atoms with Crippen LogP contribution in [-0.4, -0.2) is 10.9 Å². The largest absolute Gasteiger partial charge is 0.366 e. The first-order chi connectivity index (χ1) is 8.00. The van der Waals surface area contributed by atoms with Crippen LogP contribution in [0.15, 0.2) is 24.4 Å². The highest BCUT2D eigenvalue weighted by molar-refractivity contribution is 5.94. The summed E-state index contributed by atoms with van der Waals surface area (Å²) in [7, 11) is 0. The van der Waals surface area contributed by atoms with Gasteiger partial charge in [-0.2, -0.15) is 0 Å². The molecule has 2 rings (SSSR count). The molecule has 0 aliphatic carbocycles. The lowest BCUT2D eigenvalue weighted by Crippen LogP contribution is -2.09. The lowest BCUT2D eigenvalue weighted by Gasteiger charge is -2.01. The topological polar surface area (TPSA) is 58.9 Å². The molecule has 88 valence electrons. The van der Waals surface area contributed by atoms with Gasteiger partial charge in [-0.3, -0.25) is 4.79 Å². The summed E-state index contributed by atoms with van der Waals surface area (Å²) in [5, 5.41) is 0. The van der Waals surface area contributed by atoms with Crippen molar-refractivity contribution < 1.29 is 18.0 Å². The van der Waals surface area contributed by atoms with Gasteiger partial charge in [0.15, 0.2) is 17.5 Å². The van der Waals surface area contributed by atoms with Crippen molar-refractivity contribution in [3.05, 3.63) is 47.4 Å². The minimum Gasteiger partial charge on any atom is -0.366 e. The molecule has 0 fully saturated rings. The van der Waals surface area contributed by atoms with Crippen LogP contribution in [0.3, 0.4) is 0 Å². The zero-order chi connectivity index (χ0) is 12.6. The molecule has 0 bridgehead atoms. The predicted octanol–water partition coefficient (Wildman–Crippen LogP) is 2.20. The van der Waals surface area contributed by atoms with E-state index < -0.39 is 23.4 Å². The maximum Gasteiger partial charge on any atom is 0.250 e. The summed E-state index contributed by atoms with van der Waals surface area (Å²) in [6.45, 7) is 0. The molecule has 0 unspecified atom stereocenters. The van der Waals surface area contributed by atoms with Gasteiger partial charge in [0.25, 0.3) is 0 Å². The van der Waals surface area contributed by atoms with Crippen molar-refractivity contribution in [2.24, 2.45) is 5.73 Å². The van der Waals surface area contributed by atoms with E-state index in [9.17, 15) is 18.0 Å². The Morgan fingerprint density at radius 2 is 1.88 bits per heavy atom. The van der Waals surface area contributed by atoms with Crippen molar-refractivity contribution in [2.45, 2.75) is 0 Å². The summed E-state index contributed by atoms with van der Waals surface area (Å²) in [6.07, 6.45) is 1.26. The van der Waals surface area contributed by atoms with E-state index in [1.165, 1.54) is 12.3 Å². The Kier molecular flexibility index (Phi) is 2.63. The van der Waals surface area contributed by atoms with Gasteiger partial charge in [0.2, 0.25) is 5.91 Å². The fraction of sp³-hybridized carbons (Fsp3) is 0. The summed E-state index contributed by atoms with van der Waals surface area (Å²) in [5.41, 5.74) is 5.12. The van der Waals surface area contributed by atoms with Gasteiger partial charge in [-0.1, -0.05) is 0 Å². The van der Waals surface area contributed by atoms with E-state index in [4.69, 9.17) is 5.73 Å². The Morgan fingerprint density at radius 1 is 1.18 bits per heavy atom. The first kappa shape index (κ1) is 11.3. The van der Waals surface area contributed by atoms with Crippen LogP contribution in [0.5, 0.6) is 0 Å². The Hall–Kier alpha value is -2.24. The standard InChI is InChI=1S/C11H7F3N2O/c12-7-2-1-6(9(13)10(7)14)8-3-5(4-16-8)11(15)17/h1-4,16H,(H2,15,17). The number of nitrogens with two attached hydrogens (primary N) is 1. The van der Waals surface area contributed by atoms with Crippen LogP contribution >= 0.6 is 0 Å². The zero-order valence-electron chi connectivity index (χ0n) is 8.43. The summed E-state index contributed by atoms with van der Waals surface area (Å²) in [5.74, 6) is -4.84. The molecule has 1 heterocycles. The van der Waals surface area contributed by atoms with E-state index in [2.05, 4.69) is 4.98 Å². The molecule has 0 radical (unpaired) electrons. The monoisotopic (exact) mass is 240 g/mol. The molecule has 1 aromatic carbocycles. The van der Waals surface area contributed by atoms with Crippen molar-refractivity contribution in [1.29, 1.82) is 0 Å². The Balaban J connectivity index is 2.53. The number of rotatable bonds is 2. The van der Waals surface area contributed by atoms with E-state index in [1.807, 2.05) is 0 Å². The highest BCUT2D eigenvalue weighted by atomic mass is 19.2. The van der Waals surface area contributed by atoms with Crippen molar-refractivity contribution >= 4 is 5.91 Å². The molecule has 0 saturated carbocycles. The highest BCUT2D eigenvalue weighted by Gasteiger charge is 2.16. The van der Waals surface area contributed by atoms with Gasteiger partial charge < -0.3 is 10.7 Å². The highest BCUT2D eigenvalue weighted by Crippen LogP contribution is 2.25. The van der Waals surface area contributed by atoms with Gasteiger partial charge in [0.05, 0.1) is 5.56 Å². The van der Waals surface area contributed by atoms with Crippen molar-refractivity contribution in [3.8, 4) is 11.3 Å². The second kappa shape index (κ2) is 3.97. The van der Waals surface area contributed by atoms with Gasteiger partial charge in [-0.05, 0) is 18.2 Å². The van der Waals surface area contributed by atoms with Gasteiger partial charge in [-0.25, -0.2) is 13.2 Å². The first-order valence-corrected chi connectivity index (χ1v) is 4.63. The van der Waals surface area contributed by atoms with Crippen LogP contribution in [0.2, 0.25) is 0 Å². The number of carbonyl (C=O) groups is 1. The quantitative estimate of drug-likeness (QED) is 0.777. The molecule has 3 nitrogen and oxygen atoms in total. The summed E-state index contributed by atoms with van der Waals surface area (Å²) in [4.78, 5) is 13.4. The maximum absolute atomic E-state index is 13.4. The average Bonchev–Trinajstić information content (AvgIpc) is 2.75. The molecule has 1 aromatic heterocycles. The maximum atomic E-state index is 13.4. The molecular weight excluding hydrogens is 233 g/mol. The number of hydrogen-bond donors (Lipinski definition) is 2. The molecule has 0 aliphatic rings. The van der Waals surface area contributed by atoms with Gasteiger partial charge in [0, 0.05) is 17.5 Å². The third-order valence-electron chi connectivity index (χ3n) is 2.29. The second-order valence-corrected chi connectivity index (χ2v) is 3.39. The van der Waals surface area contributed by atoms with Crippen molar-refractivity contribution in [2.75, 3.05) is 0 Å². The molecule has 0 saturated heterocycles. The van der Waals surface area contributed by atoms with E-state index in [0.29, 0.717) is 0 Å². The average molecular weight is 240 g/mol. The molecule has 2 aromatic rings. The molecular formula is C11H7F3N2O. The number of nitrogens with one attached hydrogen (secondary N) is 1. The first-order valence-electron chi connectivity index (χ1n) is 4.63. The second-order valence-electron chi connectivity index (χ2n) is 3.39. The smallest absolute Gasteiger partial charge is 0.250 e. The van der Waals surface area contributed by atoms with Crippen molar-refractivity contribution in [1.82, 2.24) is 4.98 Å². The number of aromatic amines is 1. The number of H-pyrrole nitrogens is 1. The van der Waals surface area contributed by atoms with Gasteiger partial charge in [-0.15, -0.1) is 0 Å². The minimum atomic E-state index is -1.56. The molecule has 3 N–H and O–H groups in total. The fourth-order valence-electron chi connectivity index (χ4n) is 1.43.